The molecule has 2 atom stereocenters. The molecule has 2 fully saturated rings. The number of hydrogen-bond acceptors (Lipinski definition) is 7. The molecule has 2 saturated heterocycles. The predicted octanol–water partition coefficient (Wildman–Crippen LogP) is 4.63. The number of nitriles is 1. The van der Waals surface area contributed by atoms with Crippen molar-refractivity contribution in [3.05, 3.63) is 64.7 Å². The SMILES string of the molecule is CCOC(=O)CS(=O)(=O)N(CC=Cc1cccc(C#N)c1)c1ccc(OC2CC3CCC(C2)N3C)c(Cl)c1. The summed E-state index contributed by atoms with van der Waals surface area (Å²) in [6.07, 6.45) is 7.66. The Bertz CT molecular complexity index is 1330. The number of ether oxygens (including phenoxy) is 2. The summed E-state index contributed by atoms with van der Waals surface area (Å²) in [6, 6.07) is 14.9. The lowest BCUT2D eigenvalue weighted by molar-refractivity contribution is -0.139. The lowest BCUT2D eigenvalue weighted by Gasteiger charge is -2.36. The number of benzene rings is 2. The molecule has 38 heavy (non-hydrogen) atoms. The van der Waals surface area contributed by atoms with Gasteiger partial charge in [0.25, 0.3) is 0 Å². The molecule has 4 rings (SSSR count). The maximum atomic E-state index is 13.3. The summed E-state index contributed by atoms with van der Waals surface area (Å²) in [7, 11) is -1.92. The summed E-state index contributed by atoms with van der Waals surface area (Å²) in [4.78, 5) is 14.5. The number of hydrogen-bond donors (Lipinski definition) is 0. The average Bonchev–Trinajstić information content (AvgIpc) is 3.08. The number of esters is 1. The minimum atomic E-state index is -4.08. The molecular weight excluding hydrogens is 526 g/mol. The first-order valence-corrected chi connectivity index (χ1v) is 14.7. The van der Waals surface area contributed by atoms with E-state index in [4.69, 9.17) is 26.3 Å². The fourth-order valence-corrected chi connectivity index (χ4v) is 6.69. The number of piperidine rings is 1. The van der Waals surface area contributed by atoms with E-state index in [-0.39, 0.29) is 19.3 Å². The zero-order valence-electron chi connectivity index (χ0n) is 21.5. The van der Waals surface area contributed by atoms with Crippen LogP contribution in [-0.4, -0.2) is 63.4 Å². The topological polar surface area (TPSA) is 99.9 Å². The number of carbonyl (C=O) groups excluding carboxylic acids is 1. The third-order valence-electron chi connectivity index (χ3n) is 7.09. The van der Waals surface area contributed by atoms with Crippen molar-refractivity contribution in [2.75, 3.05) is 30.3 Å². The van der Waals surface area contributed by atoms with Crippen molar-refractivity contribution >= 4 is 39.4 Å². The third-order valence-corrected chi connectivity index (χ3v) is 9.02. The number of nitrogens with zero attached hydrogens (tertiary/aromatic N) is 3. The second-order valence-electron chi connectivity index (χ2n) is 9.61. The van der Waals surface area contributed by atoms with Crippen molar-refractivity contribution in [1.29, 1.82) is 5.26 Å². The molecule has 8 nitrogen and oxygen atoms in total. The van der Waals surface area contributed by atoms with Crippen molar-refractivity contribution in [3.63, 3.8) is 0 Å². The van der Waals surface area contributed by atoms with E-state index >= 15 is 0 Å². The van der Waals surface area contributed by atoms with Crippen LogP contribution in [0.25, 0.3) is 6.08 Å². The zero-order chi connectivity index (χ0) is 27.3. The van der Waals surface area contributed by atoms with Gasteiger partial charge >= 0.3 is 5.97 Å². The Balaban J connectivity index is 1.54. The van der Waals surface area contributed by atoms with Crippen LogP contribution in [-0.2, 0) is 19.6 Å². The van der Waals surface area contributed by atoms with Crippen molar-refractivity contribution in [2.45, 2.75) is 50.8 Å². The monoisotopic (exact) mass is 557 g/mol. The fourth-order valence-electron chi connectivity index (χ4n) is 5.18. The molecule has 2 aliphatic rings. The number of sulfonamides is 1. The molecule has 2 heterocycles. The van der Waals surface area contributed by atoms with E-state index in [0.29, 0.717) is 34.1 Å². The molecule has 0 aromatic heterocycles. The highest BCUT2D eigenvalue weighted by Gasteiger charge is 2.39. The van der Waals surface area contributed by atoms with Gasteiger partial charge in [0.1, 0.15) is 11.9 Å². The van der Waals surface area contributed by atoms with Crippen LogP contribution in [0, 0.1) is 11.3 Å². The summed E-state index contributed by atoms with van der Waals surface area (Å²) in [5, 5.41) is 9.42. The molecule has 2 aromatic rings. The van der Waals surface area contributed by atoms with Gasteiger partial charge in [-0.3, -0.25) is 9.10 Å². The van der Waals surface area contributed by atoms with Gasteiger partial charge in [0, 0.05) is 12.1 Å². The van der Waals surface area contributed by atoms with Crippen LogP contribution in [0.1, 0.15) is 43.7 Å². The van der Waals surface area contributed by atoms with Crippen LogP contribution in [0.3, 0.4) is 0 Å². The van der Waals surface area contributed by atoms with Crippen molar-refractivity contribution in [3.8, 4) is 11.8 Å². The van der Waals surface area contributed by atoms with Gasteiger partial charge in [-0.2, -0.15) is 5.26 Å². The van der Waals surface area contributed by atoms with E-state index in [9.17, 15) is 13.2 Å². The normalized spacial score (nSPS) is 21.3. The Hall–Kier alpha value is -3.06. The molecule has 0 spiro atoms. The highest BCUT2D eigenvalue weighted by Crippen LogP contribution is 2.38. The van der Waals surface area contributed by atoms with Gasteiger partial charge in [0.15, 0.2) is 5.75 Å². The number of rotatable bonds is 10. The molecule has 0 radical (unpaired) electrons. The van der Waals surface area contributed by atoms with Crippen LogP contribution in [0.4, 0.5) is 5.69 Å². The Labute approximate surface area is 229 Å². The van der Waals surface area contributed by atoms with E-state index < -0.39 is 21.7 Å². The highest BCUT2D eigenvalue weighted by molar-refractivity contribution is 7.93. The van der Waals surface area contributed by atoms with Crippen LogP contribution < -0.4 is 9.04 Å². The van der Waals surface area contributed by atoms with E-state index in [0.717, 1.165) is 22.7 Å². The smallest absolute Gasteiger partial charge is 0.323 e. The second-order valence-corrected chi connectivity index (χ2v) is 11.9. The number of anilines is 1. The molecule has 2 unspecified atom stereocenters. The second kappa shape index (κ2) is 12.2. The first-order chi connectivity index (χ1) is 18.2. The quantitative estimate of drug-likeness (QED) is 0.393. The largest absolute Gasteiger partial charge is 0.489 e. The molecule has 2 bridgehead atoms. The Morgan fingerprint density at radius 1 is 1.21 bits per heavy atom. The maximum absolute atomic E-state index is 13.3. The van der Waals surface area contributed by atoms with Crippen molar-refractivity contribution in [2.24, 2.45) is 0 Å². The number of fused-ring (bicyclic) bond motifs is 2. The van der Waals surface area contributed by atoms with E-state index in [2.05, 4.69) is 18.0 Å². The molecule has 0 aliphatic carbocycles. The van der Waals surface area contributed by atoms with Gasteiger partial charge < -0.3 is 14.4 Å². The highest BCUT2D eigenvalue weighted by atomic mass is 35.5. The summed E-state index contributed by atoms with van der Waals surface area (Å²) < 4.78 is 38.8. The van der Waals surface area contributed by atoms with Gasteiger partial charge in [0.05, 0.1) is 35.5 Å². The lowest BCUT2D eigenvalue weighted by atomic mass is 10.0. The predicted molar refractivity (Wildman–Crippen MR) is 148 cm³/mol. The van der Waals surface area contributed by atoms with E-state index in [1.165, 1.54) is 12.8 Å². The van der Waals surface area contributed by atoms with Gasteiger partial charge in [-0.1, -0.05) is 35.9 Å². The van der Waals surface area contributed by atoms with Crippen molar-refractivity contribution < 1.29 is 22.7 Å². The van der Waals surface area contributed by atoms with Crippen LogP contribution in [0.15, 0.2) is 48.5 Å². The van der Waals surface area contributed by atoms with Crippen LogP contribution in [0.5, 0.6) is 5.75 Å². The van der Waals surface area contributed by atoms with Gasteiger partial charge in [-0.25, -0.2) is 8.42 Å². The van der Waals surface area contributed by atoms with Gasteiger partial charge in [-0.05, 0) is 75.5 Å². The van der Waals surface area contributed by atoms with Crippen LogP contribution in [0.2, 0.25) is 5.02 Å². The first-order valence-electron chi connectivity index (χ1n) is 12.7. The molecular formula is C28H32ClN3O5S. The fraction of sp³-hybridized carbons (Fsp3) is 0.429. The Morgan fingerprint density at radius 3 is 2.61 bits per heavy atom. The number of halogens is 1. The Morgan fingerprint density at radius 2 is 1.95 bits per heavy atom. The minimum Gasteiger partial charge on any atom is -0.489 e. The van der Waals surface area contributed by atoms with Crippen LogP contribution >= 0.6 is 11.6 Å². The van der Waals surface area contributed by atoms with E-state index in [1.807, 2.05) is 6.07 Å². The molecule has 10 heteroatoms. The van der Waals surface area contributed by atoms with Crippen molar-refractivity contribution in [1.82, 2.24) is 4.90 Å². The van der Waals surface area contributed by atoms with Gasteiger partial charge in [-0.15, -0.1) is 0 Å². The molecule has 2 aromatic carbocycles. The summed E-state index contributed by atoms with van der Waals surface area (Å²) in [5.41, 5.74) is 1.56. The lowest BCUT2D eigenvalue weighted by Crippen LogP contribution is -2.43. The standard InChI is InChI=1S/C28H32ClN3O5S/c1-3-36-28(33)19-38(34,35)32(13-5-8-20-6-4-7-21(14-20)18-30)24-11-12-27(26(29)17-24)37-25-15-22-9-10-23(16-25)31(22)2/h4-8,11-12,14,17,22-23,25H,3,9-10,13,15-16,19H2,1-2H3. The molecule has 202 valence electrons. The Kier molecular flexibility index (Phi) is 8.98. The first kappa shape index (κ1) is 28.0. The summed E-state index contributed by atoms with van der Waals surface area (Å²) in [5.74, 6) is -1.12. The molecule has 0 N–H and O–H groups in total. The molecule has 2 aliphatic heterocycles. The van der Waals surface area contributed by atoms with Gasteiger partial charge in [0.2, 0.25) is 10.0 Å². The zero-order valence-corrected chi connectivity index (χ0v) is 23.1. The summed E-state index contributed by atoms with van der Waals surface area (Å²) >= 11 is 6.58. The minimum absolute atomic E-state index is 0.0482. The number of carbonyl (C=O) groups is 1. The van der Waals surface area contributed by atoms with E-state index in [1.54, 1.807) is 55.5 Å². The molecule has 0 amide bonds. The molecule has 0 saturated carbocycles. The maximum Gasteiger partial charge on any atom is 0.323 e. The average molecular weight is 558 g/mol. The summed E-state index contributed by atoms with van der Waals surface area (Å²) in [6.45, 7) is 1.65. The third kappa shape index (κ3) is 6.68.